The first-order valence-corrected chi connectivity index (χ1v) is 8.79. The predicted octanol–water partition coefficient (Wildman–Crippen LogP) is 2.74. The third kappa shape index (κ3) is 3.55. The number of likely N-dealkylation sites (tertiary alicyclic amines) is 1. The summed E-state index contributed by atoms with van der Waals surface area (Å²) >= 11 is 1.34. The van der Waals surface area contributed by atoms with Crippen molar-refractivity contribution in [3.63, 3.8) is 0 Å². The summed E-state index contributed by atoms with van der Waals surface area (Å²) in [6.45, 7) is 3.59. The summed E-state index contributed by atoms with van der Waals surface area (Å²) < 4.78 is 7.23. The van der Waals surface area contributed by atoms with Crippen molar-refractivity contribution < 1.29 is 9.53 Å². The van der Waals surface area contributed by atoms with Crippen LogP contribution in [0.15, 0.2) is 18.7 Å². The van der Waals surface area contributed by atoms with E-state index in [0.717, 1.165) is 38.0 Å². The van der Waals surface area contributed by atoms with Crippen molar-refractivity contribution in [1.29, 1.82) is 0 Å². The number of aryl methyl sites for hydroxylation is 2. The number of imidazole rings is 1. The number of hydrogen-bond donors (Lipinski definition) is 0. The molecule has 7 heteroatoms. The third-order valence-electron chi connectivity index (χ3n) is 4.31. The monoisotopic (exact) mass is 334 g/mol. The number of piperidine rings is 1. The highest BCUT2D eigenvalue weighted by Gasteiger charge is 2.29. The Balaban J connectivity index is 1.72. The minimum Gasteiger partial charge on any atom is -0.473 e. The second-order valence-corrected chi connectivity index (χ2v) is 6.80. The Bertz CT molecular complexity index is 653. The number of methoxy groups -OCH3 is 1. The second-order valence-electron chi connectivity index (χ2n) is 5.84. The van der Waals surface area contributed by atoms with Crippen molar-refractivity contribution >= 4 is 17.2 Å². The van der Waals surface area contributed by atoms with E-state index in [9.17, 15) is 4.79 Å². The van der Waals surface area contributed by atoms with Gasteiger partial charge in [0.1, 0.15) is 4.88 Å². The minimum atomic E-state index is 0.0960. The molecule has 3 heterocycles. The van der Waals surface area contributed by atoms with E-state index >= 15 is 0 Å². The zero-order valence-corrected chi connectivity index (χ0v) is 14.4. The quantitative estimate of drug-likeness (QED) is 0.843. The third-order valence-corrected chi connectivity index (χ3v) is 5.42. The van der Waals surface area contributed by atoms with Gasteiger partial charge in [-0.15, -0.1) is 0 Å². The lowest BCUT2D eigenvalue weighted by molar-refractivity contribution is 0.0599. The molecule has 0 aliphatic carbocycles. The zero-order chi connectivity index (χ0) is 16.2. The van der Waals surface area contributed by atoms with Gasteiger partial charge in [-0.2, -0.15) is 0 Å². The van der Waals surface area contributed by atoms with Crippen molar-refractivity contribution in [3.8, 4) is 5.19 Å². The van der Waals surface area contributed by atoms with E-state index in [4.69, 9.17) is 4.74 Å². The molecule has 0 saturated carbocycles. The molecule has 1 fully saturated rings. The fraction of sp³-hybridized carbons (Fsp3) is 0.562. The van der Waals surface area contributed by atoms with Crippen LogP contribution in [0.3, 0.4) is 0 Å². The van der Waals surface area contributed by atoms with Gasteiger partial charge in [-0.25, -0.2) is 9.97 Å². The van der Waals surface area contributed by atoms with Crippen LogP contribution >= 0.6 is 11.3 Å². The number of aromatic nitrogens is 3. The van der Waals surface area contributed by atoms with Crippen LogP contribution in [0.5, 0.6) is 5.19 Å². The van der Waals surface area contributed by atoms with Crippen LogP contribution in [0.4, 0.5) is 0 Å². The molecule has 0 N–H and O–H groups in total. The highest BCUT2D eigenvalue weighted by Crippen LogP contribution is 2.29. The Morgan fingerprint density at radius 3 is 3.04 bits per heavy atom. The van der Waals surface area contributed by atoms with Crippen molar-refractivity contribution in [2.45, 2.75) is 45.2 Å². The average molecular weight is 334 g/mol. The molecular formula is C16H22N4O2S. The van der Waals surface area contributed by atoms with Crippen LogP contribution in [0.2, 0.25) is 0 Å². The van der Waals surface area contributed by atoms with E-state index in [0.29, 0.717) is 10.1 Å². The number of thiazole rings is 1. The van der Waals surface area contributed by atoms with Crippen molar-refractivity contribution in [1.82, 2.24) is 19.4 Å². The van der Waals surface area contributed by atoms with E-state index in [-0.39, 0.29) is 11.9 Å². The molecule has 124 valence electrons. The molecule has 0 radical (unpaired) electrons. The summed E-state index contributed by atoms with van der Waals surface area (Å²) in [5, 5.41) is 0.554. The van der Waals surface area contributed by atoms with Gasteiger partial charge in [0.15, 0.2) is 0 Å². The molecule has 1 saturated heterocycles. The lowest BCUT2D eigenvalue weighted by atomic mass is 9.99. The van der Waals surface area contributed by atoms with Gasteiger partial charge in [-0.1, -0.05) is 11.3 Å². The Kier molecular flexibility index (Phi) is 4.95. The summed E-state index contributed by atoms with van der Waals surface area (Å²) in [5.41, 5.74) is 0.760. The number of carbonyl (C=O) groups is 1. The average Bonchev–Trinajstić information content (AvgIpc) is 3.22. The van der Waals surface area contributed by atoms with Gasteiger partial charge in [0, 0.05) is 31.5 Å². The van der Waals surface area contributed by atoms with Gasteiger partial charge in [-0.3, -0.25) is 4.79 Å². The number of carbonyl (C=O) groups excluding carboxylic acids is 1. The smallest absolute Gasteiger partial charge is 0.273 e. The molecular weight excluding hydrogens is 312 g/mol. The standard InChI is InChI=1S/C16H22N4O2S/c1-12-14(23-16(18-12)22-2)15(21)20-8-4-3-5-13(20)6-9-19-10-7-17-11-19/h7,10-11,13H,3-6,8-9H2,1-2H3. The number of rotatable bonds is 5. The van der Waals surface area contributed by atoms with Crippen molar-refractivity contribution in [2.75, 3.05) is 13.7 Å². The van der Waals surface area contributed by atoms with Crippen LogP contribution in [0.1, 0.15) is 41.0 Å². The molecule has 23 heavy (non-hydrogen) atoms. The van der Waals surface area contributed by atoms with E-state index in [2.05, 4.69) is 14.5 Å². The first kappa shape index (κ1) is 16.0. The number of nitrogens with zero attached hydrogens (tertiary/aromatic N) is 4. The van der Waals surface area contributed by atoms with E-state index in [1.165, 1.54) is 17.8 Å². The van der Waals surface area contributed by atoms with Crippen LogP contribution in [-0.2, 0) is 6.54 Å². The molecule has 0 aromatic carbocycles. The Hall–Kier alpha value is -1.89. The molecule has 0 spiro atoms. The fourth-order valence-corrected chi connectivity index (χ4v) is 3.91. The topological polar surface area (TPSA) is 60.2 Å². The van der Waals surface area contributed by atoms with E-state index in [1.807, 2.05) is 24.3 Å². The summed E-state index contributed by atoms with van der Waals surface area (Å²) in [4.78, 5) is 24.0. The number of hydrogen-bond acceptors (Lipinski definition) is 5. The Morgan fingerprint density at radius 1 is 1.48 bits per heavy atom. The Morgan fingerprint density at radius 2 is 2.35 bits per heavy atom. The molecule has 0 bridgehead atoms. The molecule has 3 rings (SSSR count). The zero-order valence-electron chi connectivity index (χ0n) is 13.6. The summed E-state index contributed by atoms with van der Waals surface area (Å²) in [6.07, 6.45) is 9.86. The van der Waals surface area contributed by atoms with Crippen LogP contribution in [-0.4, -0.2) is 45.0 Å². The maximum Gasteiger partial charge on any atom is 0.273 e. The molecule has 1 amide bonds. The number of ether oxygens (including phenoxy) is 1. The van der Waals surface area contributed by atoms with Gasteiger partial charge < -0.3 is 14.2 Å². The fourth-order valence-electron chi connectivity index (χ4n) is 3.07. The first-order valence-electron chi connectivity index (χ1n) is 7.97. The van der Waals surface area contributed by atoms with Gasteiger partial charge in [0.25, 0.3) is 11.1 Å². The molecule has 2 aromatic rings. The summed E-state index contributed by atoms with van der Waals surface area (Å²) in [6, 6.07) is 0.283. The second kappa shape index (κ2) is 7.12. The maximum atomic E-state index is 12.9. The Labute approximate surface area is 140 Å². The van der Waals surface area contributed by atoms with E-state index < -0.39 is 0 Å². The largest absolute Gasteiger partial charge is 0.473 e. The molecule has 1 unspecified atom stereocenters. The maximum absolute atomic E-state index is 12.9. The van der Waals surface area contributed by atoms with Crippen LogP contribution < -0.4 is 4.74 Å². The highest BCUT2D eigenvalue weighted by molar-refractivity contribution is 7.15. The molecule has 1 aliphatic rings. The van der Waals surface area contributed by atoms with Gasteiger partial charge in [0.05, 0.1) is 19.1 Å². The summed E-state index contributed by atoms with van der Waals surface area (Å²) in [7, 11) is 1.58. The highest BCUT2D eigenvalue weighted by atomic mass is 32.1. The van der Waals surface area contributed by atoms with Crippen molar-refractivity contribution in [3.05, 3.63) is 29.3 Å². The molecule has 2 aromatic heterocycles. The molecule has 1 atom stereocenters. The number of amides is 1. The minimum absolute atomic E-state index is 0.0960. The van der Waals surface area contributed by atoms with Gasteiger partial charge >= 0.3 is 0 Å². The van der Waals surface area contributed by atoms with Crippen LogP contribution in [0, 0.1) is 6.92 Å². The van der Waals surface area contributed by atoms with Gasteiger partial charge in [-0.05, 0) is 32.6 Å². The van der Waals surface area contributed by atoms with Crippen LogP contribution in [0.25, 0.3) is 0 Å². The first-order chi connectivity index (χ1) is 11.2. The SMILES string of the molecule is COc1nc(C)c(C(=O)N2CCCCC2CCn2ccnc2)s1. The normalized spacial score (nSPS) is 18.2. The molecule has 6 nitrogen and oxygen atoms in total. The van der Waals surface area contributed by atoms with E-state index in [1.54, 1.807) is 13.3 Å². The summed E-state index contributed by atoms with van der Waals surface area (Å²) in [5.74, 6) is 0.0960. The lowest BCUT2D eigenvalue weighted by Crippen LogP contribution is -2.44. The van der Waals surface area contributed by atoms with Crippen molar-refractivity contribution in [2.24, 2.45) is 0 Å². The molecule has 1 aliphatic heterocycles. The predicted molar refractivity (Wildman–Crippen MR) is 88.9 cm³/mol. The lowest BCUT2D eigenvalue weighted by Gasteiger charge is -2.35. The van der Waals surface area contributed by atoms with Gasteiger partial charge in [0.2, 0.25) is 0 Å².